The number of hydrogen-bond donors (Lipinski definition) is 1. The molecule has 0 spiro atoms. The van der Waals surface area contributed by atoms with Crippen LogP contribution in [0.4, 0.5) is 0 Å². The molecule has 1 heterocycles. The summed E-state index contributed by atoms with van der Waals surface area (Å²) in [7, 11) is 0. The van der Waals surface area contributed by atoms with E-state index in [1.54, 1.807) is 6.26 Å². The maximum atomic E-state index is 10.3. The summed E-state index contributed by atoms with van der Waals surface area (Å²) in [4.78, 5) is 0. The molecule has 1 N–H and O–H groups in total. The number of furan rings is 1. The molecule has 86 valence electrons. The Morgan fingerprint density at radius 3 is 2.67 bits per heavy atom. The average Bonchev–Trinajstić information content (AvgIpc) is 2.76. The van der Waals surface area contributed by atoms with Crippen LogP contribution in [0.15, 0.2) is 22.8 Å². The lowest BCUT2D eigenvalue weighted by molar-refractivity contribution is 0.0160. The minimum atomic E-state index is -0.497. The molecule has 15 heavy (non-hydrogen) atoms. The van der Waals surface area contributed by atoms with Gasteiger partial charge in [0.1, 0.15) is 5.76 Å². The lowest BCUT2D eigenvalue weighted by atomic mass is 9.88. The van der Waals surface area contributed by atoms with Crippen LogP contribution < -0.4 is 0 Å². The maximum absolute atomic E-state index is 10.3. The molecule has 1 atom stereocenters. The SMILES string of the molecule is CCCCC(O)(CC)CCc1ccco1. The second kappa shape index (κ2) is 5.96. The van der Waals surface area contributed by atoms with E-state index in [4.69, 9.17) is 4.42 Å². The standard InChI is InChI=1S/C13H22O2/c1-3-5-9-13(14,4-2)10-8-12-7-6-11-15-12/h6-7,11,14H,3-5,8-10H2,1-2H3. The van der Waals surface area contributed by atoms with E-state index in [1.165, 1.54) is 0 Å². The monoisotopic (exact) mass is 210 g/mol. The van der Waals surface area contributed by atoms with Gasteiger partial charge in [0, 0.05) is 6.42 Å². The van der Waals surface area contributed by atoms with Crippen molar-refractivity contribution < 1.29 is 9.52 Å². The molecule has 0 aliphatic heterocycles. The van der Waals surface area contributed by atoms with E-state index in [2.05, 4.69) is 13.8 Å². The lowest BCUT2D eigenvalue weighted by Gasteiger charge is -2.26. The average molecular weight is 210 g/mol. The molecule has 0 saturated carbocycles. The van der Waals surface area contributed by atoms with Crippen LogP contribution in [-0.2, 0) is 6.42 Å². The molecule has 0 amide bonds. The van der Waals surface area contributed by atoms with Crippen molar-refractivity contribution in [1.82, 2.24) is 0 Å². The van der Waals surface area contributed by atoms with Gasteiger partial charge in [-0.2, -0.15) is 0 Å². The second-order valence-corrected chi connectivity index (χ2v) is 4.26. The highest BCUT2D eigenvalue weighted by Crippen LogP contribution is 2.24. The van der Waals surface area contributed by atoms with Gasteiger partial charge in [-0.1, -0.05) is 26.7 Å². The van der Waals surface area contributed by atoms with E-state index in [-0.39, 0.29) is 0 Å². The highest BCUT2D eigenvalue weighted by Gasteiger charge is 2.23. The van der Waals surface area contributed by atoms with Crippen LogP contribution in [0.2, 0.25) is 0 Å². The van der Waals surface area contributed by atoms with E-state index in [0.29, 0.717) is 0 Å². The minimum Gasteiger partial charge on any atom is -0.469 e. The highest BCUT2D eigenvalue weighted by molar-refractivity contribution is 4.99. The fourth-order valence-corrected chi connectivity index (χ4v) is 1.80. The van der Waals surface area contributed by atoms with E-state index in [1.807, 2.05) is 12.1 Å². The van der Waals surface area contributed by atoms with Gasteiger partial charge in [-0.25, -0.2) is 0 Å². The molecule has 1 aromatic rings. The molecule has 0 aliphatic carbocycles. The largest absolute Gasteiger partial charge is 0.469 e. The zero-order valence-electron chi connectivity index (χ0n) is 9.83. The van der Waals surface area contributed by atoms with Crippen molar-refractivity contribution in [1.29, 1.82) is 0 Å². The minimum absolute atomic E-state index is 0.497. The van der Waals surface area contributed by atoms with Gasteiger partial charge in [-0.15, -0.1) is 0 Å². The molecule has 0 bridgehead atoms. The van der Waals surface area contributed by atoms with Gasteiger partial charge in [0.05, 0.1) is 11.9 Å². The zero-order valence-corrected chi connectivity index (χ0v) is 9.83. The fraction of sp³-hybridized carbons (Fsp3) is 0.692. The van der Waals surface area contributed by atoms with Crippen LogP contribution in [0, 0.1) is 0 Å². The Hall–Kier alpha value is -0.760. The maximum Gasteiger partial charge on any atom is 0.103 e. The second-order valence-electron chi connectivity index (χ2n) is 4.26. The molecular formula is C13H22O2. The molecule has 2 nitrogen and oxygen atoms in total. The van der Waals surface area contributed by atoms with Crippen LogP contribution in [0.25, 0.3) is 0 Å². The third-order valence-corrected chi connectivity index (χ3v) is 3.07. The summed E-state index contributed by atoms with van der Waals surface area (Å²) in [5.74, 6) is 0.971. The summed E-state index contributed by atoms with van der Waals surface area (Å²) in [6, 6.07) is 3.86. The number of aliphatic hydroxyl groups is 1. The Morgan fingerprint density at radius 2 is 2.13 bits per heavy atom. The molecule has 0 radical (unpaired) electrons. The van der Waals surface area contributed by atoms with Crippen molar-refractivity contribution in [3.63, 3.8) is 0 Å². The summed E-state index contributed by atoms with van der Waals surface area (Å²) >= 11 is 0. The van der Waals surface area contributed by atoms with Gasteiger partial charge in [0.2, 0.25) is 0 Å². The molecule has 1 unspecified atom stereocenters. The van der Waals surface area contributed by atoms with Gasteiger partial charge in [-0.3, -0.25) is 0 Å². The Morgan fingerprint density at radius 1 is 1.33 bits per heavy atom. The summed E-state index contributed by atoms with van der Waals surface area (Å²) in [5.41, 5.74) is -0.497. The predicted molar refractivity (Wildman–Crippen MR) is 61.8 cm³/mol. The number of aryl methyl sites for hydroxylation is 1. The van der Waals surface area contributed by atoms with Crippen LogP contribution in [-0.4, -0.2) is 10.7 Å². The van der Waals surface area contributed by atoms with Crippen LogP contribution in [0.1, 0.15) is 51.7 Å². The molecule has 0 aromatic carbocycles. The Labute approximate surface area is 92.3 Å². The molecule has 0 fully saturated rings. The molecule has 1 rings (SSSR count). The summed E-state index contributed by atoms with van der Waals surface area (Å²) in [5, 5.41) is 10.3. The van der Waals surface area contributed by atoms with Gasteiger partial charge in [0.25, 0.3) is 0 Å². The Bertz CT molecular complexity index is 254. The summed E-state index contributed by atoms with van der Waals surface area (Å²) in [6.07, 6.45) is 7.30. The van der Waals surface area contributed by atoms with E-state index >= 15 is 0 Å². The van der Waals surface area contributed by atoms with E-state index < -0.39 is 5.60 Å². The summed E-state index contributed by atoms with van der Waals surface area (Å²) in [6.45, 7) is 4.21. The quantitative estimate of drug-likeness (QED) is 0.746. The molecule has 0 saturated heterocycles. The van der Waals surface area contributed by atoms with Crippen molar-refractivity contribution in [2.45, 2.75) is 58.0 Å². The van der Waals surface area contributed by atoms with Gasteiger partial charge < -0.3 is 9.52 Å². The molecule has 2 heteroatoms. The van der Waals surface area contributed by atoms with Crippen LogP contribution in [0.3, 0.4) is 0 Å². The smallest absolute Gasteiger partial charge is 0.103 e. The van der Waals surface area contributed by atoms with Gasteiger partial charge in [0.15, 0.2) is 0 Å². The lowest BCUT2D eigenvalue weighted by Crippen LogP contribution is -2.28. The van der Waals surface area contributed by atoms with Crippen LogP contribution in [0.5, 0.6) is 0 Å². The Balaban J connectivity index is 2.38. The van der Waals surface area contributed by atoms with Gasteiger partial charge in [-0.05, 0) is 31.4 Å². The first-order valence-corrected chi connectivity index (χ1v) is 5.95. The zero-order chi connectivity index (χ0) is 11.1. The third-order valence-electron chi connectivity index (χ3n) is 3.07. The summed E-state index contributed by atoms with van der Waals surface area (Å²) < 4.78 is 5.27. The molecular weight excluding hydrogens is 188 g/mol. The van der Waals surface area contributed by atoms with E-state index in [9.17, 15) is 5.11 Å². The predicted octanol–water partition coefficient (Wildman–Crippen LogP) is 3.54. The molecule has 1 aromatic heterocycles. The molecule has 0 aliphatic rings. The highest BCUT2D eigenvalue weighted by atomic mass is 16.3. The third kappa shape index (κ3) is 4.08. The van der Waals surface area contributed by atoms with Crippen molar-refractivity contribution >= 4 is 0 Å². The van der Waals surface area contributed by atoms with Gasteiger partial charge >= 0.3 is 0 Å². The first-order valence-electron chi connectivity index (χ1n) is 5.95. The normalized spacial score (nSPS) is 15.1. The van der Waals surface area contributed by atoms with Crippen molar-refractivity contribution in [3.05, 3.63) is 24.2 Å². The van der Waals surface area contributed by atoms with Crippen molar-refractivity contribution in [2.75, 3.05) is 0 Å². The number of rotatable bonds is 7. The van der Waals surface area contributed by atoms with Crippen LogP contribution >= 0.6 is 0 Å². The van der Waals surface area contributed by atoms with Crippen molar-refractivity contribution in [3.8, 4) is 0 Å². The number of unbranched alkanes of at least 4 members (excludes halogenated alkanes) is 1. The first-order chi connectivity index (χ1) is 7.20. The van der Waals surface area contributed by atoms with Crippen molar-refractivity contribution in [2.24, 2.45) is 0 Å². The number of hydrogen-bond acceptors (Lipinski definition) is 2. The van der Waals surface area contributed by atoms with E-state index in [0.717, 1.165) is 44.3 Å². The fourth-order valence-electron chi connectivity index (χ4n) is 1.80. The Kier molecular flexibility index (Phi) is 4.89. The first kappa shape index (κ1) is 12.3. The topological polar surface area (TPSA) is 33.4 Å².